The van der Waals surface area contributed by atoms with Gasteiger partial charge in [0.25, 0.3) is 0 Å². The fourth-order valence-corrected chi connectivity index (χ4v) is 6.08. The fraction of sp³-hybridized carbons (Fsp3) is 0.833. The van der Waals surface area contributed by atoms with Crippen LogP contribution in [0.1, 0.15) is 51.3 Å². The monoisotopic (exact) mass is 332 g/mol. The van der Waals surface area contributed by atoms with Crippen LogP contribution in [0.15, 0.2) is 4.79 Å². The Hall–Kier alpha value is -1.59. The van der Waals surface area contributed by atoms with E-state index in [0.29, 0.717) is 5.82 Å². The lowest BCUT2D eigenvalue weighted by Crippen LogP contribution is -2.62. The van der Waals surface area contributed by atoms with Crippen molar-refractivity contribution < 1.29 is 4.79 Å². The van der Waals surface area contributed by atoms with E-state index in [1.165, 1.54) is 28.5 Å². The van der Waals surface area contributed by atoms with Crippen molar-refractivity contribution in [3.63, 3.8) is 0 Å². The number of nitrogens with zero attached hydrogens (tertiary/aromatic N) is 4. The Bertz CT molecular complexity index is 682. The van der Waals surface area contributed by atoms with Crippen LogP contribution < -0.4 is 5.69 Å². The zero-order chi connectivity index (χ0) is 17.1. The molecule has 4 fully saturated rings. The van der Waals surface area contributed by atoms with Crippen molar-refractivity contribution >= 4 is 5.91 Å². The molecule has 0 spiro atoms. The lowest BCUT2D eigenvalue weighted by molar-refractivity contribution is -0.151. The van der Waals surface area contributed by atoms with Crippen molar-refractivity contribution in [1.29, 1.82) is 0 Å². The molecule has 1 amide bonds. The summed E-state index contributed by atoms with van der Waals surface area (Å²) in [6, 6.07) is 0. The summed E-state index contributed by atoms with van der Waals surface area (Å²) < 4.78 is 2.81. The minimum absolute atomic E-state index is 0.0496. The molecule has 0 aromatic carbocycles. The van der Waals surface area contributed by atoms with Gasteiger partial charge in [0.2, 0.25) is 5.91 Å². The molecular weight excluding hydrogens is 304 g/mol. The van der Waals surface area contributed by atoms with Gasteiger partial charge in [-0.15, -0.1) is 0 Å². The highest BCUT2D eigenvalue weighted by atomic mass is 16.2. The van der Waals surface area contributed by atoms with Gasteiger partial charge in [-0.2, -0.15) is 5.10 Å². The van der Waals surface area contributed by atoms with E-state index in [4.69, 9.17) is 0 Å². The Kier molecular flexibility index (Phi) is 3.62. The summed E-state index contributed by atoms with van der Waals surface area (Å²) in [5.74, 6) is 3.11. The van der Waals surface area contributed by atoms with Crippen LogP contribution in [-0.2, 0) is 18.4 Å². The van der Waals surface area contributed by atoms with E-state index < -0.39 is 0 Å². The first kappa shape index (κ1) is 15.9. The quantitative estimate of drug-likeness (QED) is 0.843. The summed E-state index contributed by atoms with van der Waals surface area (Å²) in [4.78, 5) is 27.3. The van der Waals surface area contributed by atoms with Crippen molar-refractivity contribution in [1.82, 2.24) is 19.2 Å². The molecule has 4 aliphatic carbocycles. The van der Waals surface area contributed by atoms with E-state index in [2.05, 4.69) is 16.9 Å². The van der Waals surface area contributed by atoms with Gasteiger partial charge in [0.15, 0.2) is 0 Å². The van der Waals surface area contributed by atoms with Gasteiger partial charge in [-0.25, -0.2) is 9.48 Å². The Balaban J connectivity index is 1.58. The molecule has 6 nitrogen and oxygen atoms in total. The summed E-state index contributed by atoms with van der Waals surface area (Å²) in [5.41, 5.74) is -0.156. The van der Waals surface area contributed by atoms with Crippen LogP contribution in [0.4, 0.5) is 0 Å². The van der Waals surface area contributed by atoms with Gasteiger partial charge in [0.1, 0.15) is 12.4 Å². The van der Waals surface area contributed by atoms with Crippen LogP contribution in [0.3, 0.4) is 0 Å². The first-order valence-electron chi connectivity index (χ1n) is 9.33. The Morgan fingerprint density at radius 3 is 2.17 bits per heavy atom. The van der Waals surface area contributed by atoms with Crippen LogP contribution in [0.25, 0.3) is 0 Å². The third-order valence-electron chi connectivity index (χ3n) is 6.74. The molecular formula is C18H28N4O2. The largest absolute Gasteiger partial charge is 0.346 e. The van der Waals surface area contributed by atoms with Gasteiger partial charge in [-0.3, -0.25) is 9.36 Å². The highest BCUT2D eigenvalue weighted by Gasteiger charge is 2.54. The topological polar surface area (TPSA) is 60.1 Å². The second kappa shape index (κ2) is 5.46. The van der Waals surface area contributed by atoms with E-state index in [1.807, 2.05) is 0 Å². The summed E-state index contributed by atoms with van der Waals surface area (Å²) in [6.45, 7) is 4.66. The van der Waals surface area contributed by atoms with Crippen molar-refractivity contribution in [2.75, 3.05) is 6.54 Å². The van der Waals surface area contributed by atoms with Gasteiger partial charge >= 0.3 is 5.69 Å². The van der Waals surface area contributed by atoms with E-state index in [1.54, 1.807) is 14.0 Å². The third-order valence-corrected chi connectivity index (χ3v) is 6.74. The standard InChI is InChI=1S/C18H28N4O2/c1-4-21(16(23)11-22-17(24)20(3)12(2)19-22)18-8-13-5-14(9-18)7-15(6-13)10-18/h13-15H,4-11H2,1-3H3. The molecule has 6 heteroatoms. The minimum atomic E-state index is -0.206. The highest BCUT2D eigenvalue weighted by Crippen LogP contribution is 2.57. The number of likely N-dealkylation sites (N-methyl/N-ethyl adjacent to an activating group) is 1. The van der Waals surface area contributed by atoms with Gasteiger partial charge < -0.3 is 4.90 Å². The van der Waals surface area contributed by atoms with Gasteiger partial charge in [0.05, 0.1) is 0 Å². The highest BCUT2D eigenvalue weighted by molar-refractivity contribution is 5.77. The van der Waals surface area contributed by atoms with Gasteiger partial charge in [-0.05, 0) is 70.1 Å². The van der Waals surface area contributed by atoms with Crippen molar-refractivity contribution in [3.05, 3.63) is 16.3 Å². The number of hydrogen-bond donors (Lipinski definition) is 0. The molecule has 132 valence electrons. The van der Waals surface area contributed by atoms with Crippen LogP contribution in [0, 0.1) is 24.7 Å². The molecule has 0 aliphatic heterocycles. The summed E-state index contributed by atoms with van der Waals surface area (Å²) >= 11 is 0. The second-order valence-electron chi connectivity index (χ2n) is 8.33. The number of carbonyl (C=O) groups is 1. The van der Waals surface area contributed by atoms with Gasteiger partial charge in [0, 0.05) is 19.1 Å². The predicted molar refractivity (Wildman–Crippen MR) is 90.5 cm³/mol. The zero-order valence-corrected chi connectivity index (χ0v) is 15.0. The number of aromatic nitrogens is 3. The van der Waals surface area contributed by atoms with Crippen LogP contribution in [0.2, 0.25) is 0 Å². The lowest BCUT2D eigenvalue weighted by atomic mass is 9.52. The molecule has 4 saturated carbocycles. The average Bonchev–Trinajstić information content (AvgIpc) is 2.73. The molecule has 0 N–H and O–H groups in total. The number of carbonyl (C=O) groups excluding carboxylic acids is 1. The summed E-state index contributed by atoms with van der Waals surface area (Å²) in [5, 5.41) is 4.23. The molecule has 5 rings (SSSR count). The molecule has 0 radical (unpaired) electrons. The zero-order valence-electron chi connectivity index (χ0n) is 15.0. The maximum absolute atomic E-state index is 13.0. The van der Waals surface area contributed by atoms with E-state index >= 15 is 0 Å². The van der Waals surface area contributed by atoms with Crippen molar-refractivity contribution in [2.24, 2.45) is 24.8 Å². The maximum atomic E-state index is 13.0. The molecule has 1 heterocycles. The number of hydrogen-bond acceptors (Lipinski definition) is 3. The van der Waals surface area contributed by atoms with Crippen molar-refractivity contribution in [3.8, 4) is 0 Å². The maximum Gasteiger partial charge on any atom is 0.346 e. The molecule has 0 unspecified atom stereocenters. The van der Waals surface area contributed by atoms with Crippen LogP contribution >= 0.6 is 0 Å². The Labute approximate surface area is 142 Å². The normalized spacial score (nSPS) is 33.9. The smallest absolute Gasteiger partial charge is 0.336 e. The molecule has 4 bridgehead atoms. The van der Waals surface area contributed by atoms with Crippen LogP contribution in [0.5, 0.6) is 0 Å². The molecule has 1 aromatic heterocycles. The minimum Gasteiger partial charge on any atom is -0.336 e. The first-order valence-corrected chi connectivity index (χ1v) is 9.33. The first-order chi connectivity index (χ1) is 11.4. The molecule has 4 aliphatic rings. The van der Waals surface area contributed by atoms with Crippen LogP contribution in [-0.4, -0.2) is 37.2 Å². The summed E-state index contributed by atoms with van der Waals surface area (Å²) in [6.07, 6.45) is 7.58. The Morgan fingerprint density at radius 1 is 1.21 bits per heavy atom. The summed E-state index contributed by atoms with van der Waals surface area (Å²) in [7, 11) is 1.70. The second-order valence-corrected chi connectivity index (χ2v) is 8.33. The molecule has 1 aromatic rings. The molecule has 24 heavy (non-hydrogen) atoms. The molecule has 0 atom stereocenters. The predicted octanol–water partition coefficient (Wildman–Crippen LogP) is 1.71. The van der Waals surface area contributed by atoms with E-state index in [0.717, 1.165) is 43.6 Å². The number of rotatable bonds is 4. The molecule has 0 saturated heterocycles. The van der Waals surface area contributed by atoms with Crippen molar-refractivity contribution in [2.45, 2.75) is 64.5 Å². The van der Waals surface area contributed by atoms with Gasteiger partial charge in [-0.1, -0.05) is 0 Å². The van der Waals surface area contributed by atoms with E-state index in [9.17, 15) is 9.59 Å². The SMILES string of the molecule is CCN(C(=O)Cn1nc(C)n(C)c1=O)C12CC3CC(CC(C3)C1)C2. The van der Waals surface area contributed by atoms with E-state index in [-0.39, 0.29) is 23.7 Å². The lowest BCUT2D eigenvalue weighted by Gasteiger charge is -2.60. The average molecular weight is 332 g/mol. The number of aryl methyl sites for hydroxylation is 1. The fourth-order valence-electron chi connectivity index (χ4n) is 6.08. The number of amides is 1. The third kappa shape index (κ3) is 2.33. The Morgan fingerprint density at radius 2 is 1.75 bits per heavy atom.